The molecule has 0 fully saturated rings. The van der Waals surface area contributed by atoms with Crippen molar-refractivity contribution in [2.75, 3.05) is 38.6 Å². The number of benzene rings is 2. The second-order valence-corrected chi connectivity index (χ2v) is 14.2. The zero-order valence-electron chi connectivity index (χ0n) is 24.8. The normalized spacial score (nSPS) is 18.4. The quantitative estimate of drug-likeness (QED) is 0.337. The van der Waals surface area contributed by atoms with Gasteiger partial charge in [0.05, 0.1) is 42.4 Å². The summed E-state index contributed by atoms with van der Waals surface area (Å²) in [4.78, 5) is 15.1. The summed E-state index contributed by atoms with van der Waals surface area (Å²) in [6.07, 6.45) is -0.841. The van der Waals surface area contributed by atoms with E-state index in [2.05, 4.69) is 9.88 Å². The number of carbonyl (C=O) groups excluding carboxylic acids is 1. The molecule has 2 heterocycles. The van der Waals surface area contributed by atoms with Gasteiger partial charge in [-0.05, 0) is 57.2 Å². The summed E-state index contributed by atoms with van der Waals surface area (Å²) in [5.41, 5.74) is 0.266. The Morgan fingerprint density at radius 1 is 1.16 bits per heavy atom. The first-order valence-corrected chi connectivity index (χ1v) is 16.4. The molecule has 2 N–H and O–H groups in total. The van der Waals surface area contributed by atoms with Crippen LogP contribution in [0.15, 0.2) is 56.8 Å². The van der Waals surface area contributed by atoms with E-state index in [0.29, 0.717) is 5.75 Å². The molecular formula is C28H36N4O9S2. The number of para-hydroxylation sites is 1. The Kier molecular flexibility index (Phi) is 9.39. The number of aliphatic hydroxyl groups excluding tert-OH is 1. The number of anilines is 1. The Morgan fingerprint density at radius 2 is 1.84 bits per heavy atom. The molecule has 13 nitrogen and oxygen atoms in total. The fourth-order valence-corrected chi connectivity index (χ4v) is 7.38. The molecular weight excluding hydrogens is 600 g/mol. The molecule has 43 heavy (non-hydrogen) atoms. The standard InChI is InChI=1S/C28H36N4O9S2/c1-17-14-32(18(2)16-33)28(34)23-8-7-9-24(30-42(35,36)22-12-10-21(39-6)11-13-22)26(23)40-25(17)15-31(5)43(37,38)27-19(3)29-41-20(27)4/h7-13,17-18,25,30,33H,14-16H2,1-6H3/t17-,18-,25+/m0/s1. The van der Waals surface area contributed by atoms with Gasteiger partial charge in [0.1, 0.15) is 22.4 Å². The predicted molar refractivity (Wildman–Crippen MR) is 157 cm³/mol. The summed E-state index contributed by atoms with van der Waals surface area (Å²) >= 11 is 0. The van der Waals surface area contributed by atoms with Crippen molar-refractivity contribution in [3.63, 3.8) is 0 Å². The summed E-state index contributed by atoms with van der Waals surface area (Å²) in [5, 5.41) is 13.7. The van der Waals surface area contributed by atoms with Crippen LogP contribution < -0.4 is 14.2 Å². The number of ether oxygens (including phenoxy) is 2. The first kappa shape index (κ1) is 32.3. The lowest BCUT2D eigenvalue weighted by molar-refractivity contribution is 0.0389. The van der Waals surface area contributed by atoms with Crippen molar-refractivity contribution in [2.45, 2.75) is 49.6 Å². The van der Waals surface area contributed by atoms with Crippen LogP contribution in [0.25, 0.3) is 0 Å². The lowest BCUT2D eigenvalue weighted by Crippen LogP contribution is -2.50. The highest BCUT2D eigenvalue weighted by molar-refractivity contribution is 7.92. The van der Waals surface area contributed by atoms with Crippen LogP contribution in [0.4, 0.5) is 5.69 Å². The number of nitrogens with one attached hydrogen (secondary N) is 1. The molecule has 1 aliphatic heterocycles. The third-order valence-corrected chi connectivity index (χ3v) is 10.8. The van der Waals surface area contributed by atoms with Crippen LogP contribution in [0.1, 0.15) is 35.7 Å². The van der Waals surface area contributed by atoms with E-state index in [1.54, 1.807) is 13.8 Å². The van der Waals surface area contributed by atoms with Gasteiger partial charge in [-0.25, -0.2) is 16.8 Å². The zero-order chi connectivity index (χ0) is 31.7. The Morgan fingerprint density at radius 3 is 2.42 bits per heavy atom. The van der Waals surface area contributed by atoms with E-state index in [4.69, 9.17) is 14.0 Å². The summed E-state index contributed by atoms with van der Waals surface area (Å²) in [5.74, 6) is -0.350. The van der Waals surface area contributed by atoms with Crippen LogP contribution in [-0.2, 0) is 20.0 Å². The molecule has 15 heteroatoms. The van der Waals surface area contributed by atoms with Crippen molar-refractivity contribution in [3.8, 4) is 11.5 Å². The van der Waals surface area contributed by atoms with E-state index < -0.39 is 44.0 Å². The van der Waals surface area contributed by atoms with E-state index in [-0.39, 0.29) is 57.9 Å². The van der Waals surface area contributed by atoms with E-state index in [1.165, 1.54) is 75.4 Å². The third-order valence-electron chi connectivity index (χ3n) is 7.38. The third kappa shape index (κ3) is 6.49. The molecule has 0 unspecified atom stereocenters. The maximum atomic E-state index is 13.7. The number of rotatable bonds is 10. The van der Waals surface area contributed by atoms with Crippen molar-refractivity contribution < 1.29 is 40.7 Å². The minimum absolute atomic E-state index is 0.00592. The minimum atomic E-state index is -4.14. The van der Waals surface area contributed by atoms with Gasteiger partial charge in [-0.2, -0.15) is 4.31 Å². The largest absolute Gasteiger partial charge is 0.497 e. The molecule has 0 saturated heterocycles. The number of aromatic nitrogens is 1. The molecule has 234 valence electrons. The molecule has 4 rings (SSSR count). The molecule has 0 aliphatic carbocycles. The summed E-state index contributed by atoms with van der Waals surface area (Å²) in [7, 11) is -5.32. The van der Waals surface area contributed by atoms with Gasteiger partial charge in [0.2, 0.25) is 10.0 Å². The Bertz CT molecular complexity index is 1670. The number of carbonyl (C=O) groups is 1. The number of aryl methyl sites for hydroxylation is 2. The molecule has 0 bridgehead atoms. The van der Waals surface area contributed by atoms with Gasteiger partial charge in [0.25, 0.3) is 15.9 Å². The number of hydrogen-bond acceptors (Lipinski definition) is 10. The fourth-order valence-electron chi connectivity index (χ4n) is 4.85. The average Bonchev–Trinajstić information content (AvgIpc) is 3.32. The van der Waals surface area contributed by atoms with Crippen LogP contribution in [-0.4, -0.2) is 88.2 Å². The van der Waals surface area contributed by atoms with Crippen molar-refractivity contribution in [1.29, 1.82) is 0 Å². The second-order valence-electron chi connectivity index (χ2n) is 10.5. The summed E-state index contributed by atoms with van der Waals surface area (Å²) in [6.45, 7) is 6.19. The number of fused-ring (bicyclic) bond motifs is 1. The highest BCUT2D eigenvalue weighted by Crippen LogP contribution is 2.36. The Balaban J connectivity index is 1.77. The SMILES string of the molecule is COc1ccc(S(=O)(=O)Nc2cccc3c2O[C@H](CN(C)S(=O)(=O)c2c(C)noc2C)[C@@H](C)CN([C@@H](C)CO)C3=O)cc1. The van der Waals surface area contributed by atoms with Crippen molar-refractivity contribution in [3.05, 3.63) is 59.5 Å². The molecule has 0 saturated carbocycles. The molecule has 1 amide bonds. The number of hydrogen-bond donors (Lipinski definition) is 2. The first-order chi connectivity index (χ1) is 20.2. The van der Waals surface area contributed by atoms with Gasteiger partial charge in [0, 0.05) is 19.5 Å². The Labute approximate surface area is 251 Å². The van der Waals surface area contributed by atoms with Crippen molar-refractivity contribution >= 4 is 31.6 Å². The number of amides is 1. The van der Waals surface area contributed by atoms with Gasteiger partial charge in [-0.15, -0.1) is 0 Å². The van der Waals surface area contributed by atoms with Crippen LogP contribution in [0, 0.1) is 19.8 Å². The van der Waals surface area contributed by atoms with Crippen molar-refractivity contribution in [1.82, 2.24) is 14.4 Å². The lowest BCUT2D eigenvalue weighted by atomic mass is 9.99. The van der Waals surface area contributed by atoms with Gasteiger partial charge in [-0.3, -0.25) is 9.52 Å². The van der Waals surface area contributed by atoms with E-state index in [0.717, 1.165) is 4.31 Å². The maximum absolute atomic E-state index is 13.7. The van der Waals surface area contributed by atoms with Crippen LogP contribution in [0.5, 0.6) is 11.5 Å². The molecule has 1 aliphatic rings. The Hall–Kier alpha value is -3.66. The summed E-state index contributed by atoms with van der Waals surface area (Å²) in [6, 6.07) is 9.66. The highest BCUT2D eigenvalue weighted by atomic mass is 32.2. The average molecular weight is 637 g/mol. The number of likely N-dealkylation sites (N-methyl/N-ethyl adjacent to an activating group) is 1. The predicted octanol–water partition coefficient (Wildman–Crippen LogP) is 2.64. The molecule has 3 aromatic rings. The van der Waals surface area contributed by atoms with E-state index >= 15 is 0 Å². The highest BCUT2D eigenvalue weighted by Gasteiger charge is 2.37. The minimum Gasteiger partial charge on any atom is -0.497 e. The van der Waals surface area contributed by atoms with Gasteiger partial charge in [0.15, 0.2) is 11.5 Å². The fraction of sp³-hybridized carbons (Fsp3) is 0.429. The summed E-state index contributed by atoms with van der Waals surface area (Å²) < 4.78 is 73.9. The number of methoxy groups -OCH3 is 1. The van der Waals surface area contributed by atoms with Gasteiger partial charge < -0.3 is 24.0 Å². The smallest absolute Gasteiger partial charge is 0.262 e. The molecule has 1 aromatic heterocycles. The van der Waals surface area contributed by atoms with E-state index in [9.17, 15) is 26.7 Å². The first-order valence-electron chi connectivity index (χ1n) is 13.5. The van der Waals surface area contributed by atoms with Crippen LogP contribution >= 0.6 is 0 Å². The molecule has 0 spiro atoms. The number of aliphatic hydroxyl groups is 1. The zero-order valence-corrected chi connectivity index (χ0v) is 26.4. The van der Waals surface area contributed by atoms with E-state index in [1.807, 2.05) is 0 Å². The molecule has 0 radical (unpaired) electrons. The topological polar surface area (TPSA) is 169 Å². The van der Waals surface area contributed by atoms with Crippen LogP contribution in [0.2, 0.25) is 0 Å². The van der Waals surface area contributed by atoms with Gasteiger partial charge in [-0.1, -0.05) is 18.1 Å². The molecule has 3 atom stereocenters. The van der Waals surface area contributed by atoms with Gasteiger partial charge >= 0.3 is 0 Å². The monoisotopic (exact) mass is 636 g/mol. The lowest BCUT2D eigenvalue weighted by Gasteiger charge is -2.38. The number of sulfonamides is 2. The number of nitrogens with zero attached hydrogens (tertiary/aromatic N) is 3. The second kappa shape index (κ2) is 12.5. The van der Waals surface area contributed by atoms with Crippen molar-refractivity contribution in [2.24, 2.45) is 5.92 Å². The maximum Gasteiger partial charge on any atom is 0.262 e. The molecule has 2 aromatic carbocycles. The van der Waals surface area contributed by atoms with Crippen LogP contribution in [0.3, 0.4) is 0 Å².